The minimum absolute atomic E-state index is 0.0895. The number of aromatic nitrogens is 3. The maximum Gasteiger partial charge on any atom is 0.277 e. The first-order valence-corrected chi connectivity index (χ1v) is 10.2. The lowest BCUT2D eigenvalue weighted by Gasteiger charge is -2.14. The van der Waals surface area contributed by atoms with E-state index >= 15 is 0 Å². The number of para-hydroxylation sites is 1. The molecular weight excluding hydrogens is 420 g/mol. The van der Waals surface area contributed by atoms with Gasteiger partial charge in [0.25, 0.3) is 11.1 Å². The molecule has 9 nitrogen and oxygen atoms in total. The third-order valence-electron chi connectivity index (χ3n) is 4.50. The average molecular weight is 440 g/mol. The fourth-order valence-corrected chi connectivity index (χ4v) is 3.67. The Morgan fingerprint density at radius 2 is 1.84 bits per heavy atom. The van der Waals surface area contributed by atoms with Gasteiger partial charge in [-0.25, -0.2) is 0 Å². The van der Waals surface area contributed by atoms with Crippen molar-refractivity contribution in [1.29, 1.82) is 0 Å². The number of methoxy groups -OCH3 is 3. The van der Waals surface area contributed by atoms with Crippen molar-refractivity contribution in [2.45, 2.75) is 5.22 Å². The molecule has 0 atom stereocenters. The lowest BCUT2D eigenvalue weighted by Crippen LogP contribution is -2.14. The largest absolute Gasteiger partial charge is 0.493 e. The van der Waals surface area contributed by atoms with E-state index in [-0.39, 0.29) is 11.7 Å². The molecule has 2 aromatic carbocycles. The number of anilines is 1. The van der Waals surface area contributed by atoms with E-state index in [9.17, 15) is 4.79 Å². The van der Waals surface area contributed by atoms with Crippen LogP contribution in [0.5, 0.6) is 17.2 Å². The summed E-state index contributed by atoms with van der Waals surface area (Å²) in [5, 5.41) is 12.2. The Kier molecular flexibility index (Phi) is 5.99. The van der Waals surface area contributed by atoms with E-state index < -0.39 is 0 Å². The predicted molar refractivity (Wildman–Crippen MR) is 117 cm³/mol. The fraction of sp³-hybridized carbons (Fsp3) is 0.190. The second-order valence-electron chi connectivity index (χ2n) is 6.37. The van der Waals surface area contributed by atoms with Crippen molar-refractivity contribution in [2.24, 2.45) is 0 Å². The number of benzene rings is 2. The number of hydrogen-bond acceptors (Lipinski definition) is 8. The summed E-state index contributed by atoms with van der Waals surface area (Å²) in [6, 6.07) is 11.2. The van der Waals surface area contributed by atoms with Crippen molar-refractivity contribution in [3.8, 4) is 28.7 Å². The molecule has 0 aliphatic rings. The smallest absolute Gasteiger partial charge is 0.277 e. The standard InChI is InChI=1S/C21H20N4O5S/c1-27-16-8-12(9-17(28-2)19(16)29-3)23-18(26)11-31-21-25-24-20(30-21)14-10-22-15-7-5-4-6-13(14)15/h4-10,22H,11H2,1-3H3,(H,23,26). The van der Waals surface area contributed by atoms with Gasteiger partial charge in [0.05, 0.1) is 32.6 Å². The third kappa shape index (κ3) is 4.29. The molecule has 4 rings (SSSR count). The molecule has 0 saturated carbocycles. The van der Waals surface area contributed by atoms with Crippen LogP contribution in [0, 0.1) is 0 Å². The van der Waals surface area contributed by atoms with Crippen LogP contribution < -0.4 is 19.5 Å². The van der Waals surface area contributed by atoms with Crippen LogP contribution in [0.4, 0.5) is 5.69 Å². The van der Waals surface area contributed by atoms with Gasteiger partial charge in [0.15, 0.2) is 11.5 Å². The summed E-state index contributed by atoms with van der Waals surface area (Å²) >= 11 is 1.15. The molecule has 0 aliphatic heterocycles. The summed E-state index contributed by atoms with van der Waals surface area (Å²) in [6.45, 7) is 0. The number of fused-ring (bicyclic) bond motifs is 1. The van der Waals surface area contributed by atoms with E-state index in [1.807, 2.05) is 30.5 Å². The number of ether oxygens (including phenoxy) is 3. The van der Waals surface area contributed by atoms with E-state index in [4.69, 9.17) is 18.6 Å². The number of nitrogens with one attached hydrogen (secondary N) is 2. The summed E-state index contributed by atoms with van der Waals surface area (Å²) in [6.07, 6.45) is 1.82. The van der Waals surface area contributed by atoms with Gasteiger partial charge < -0.3 is 28.9 Å². The predicted octanol–water partition coefficient (Wildman–Crippen LogP) is 3.97. The molecule has 0 fully saturated rings. The Balaban J connectivity index is 1.42. The van der Waals surface area contributed by atoms with Crippen LogP contribution in [0.25, 0.3) is 22.4 Å². The Bertz CT molecular complexity index is 1190. The quantitative estimate of drug-likeness (QED) is 0.396. The summed E-state index contributed by atoms with van der Waals surface area (Å²) in [4.78, 5) is 15.6. The monoisotopic (exact) mass is 440 g/mol. The van der Waals surface area contributed by atoms with Crippen molar-refractivity contribution in [3.63, 3.8) is 0 Å². The number of H-pyrrole nitrogens is 1. The van der Waals surface area contributed by atoms with Crippen LogP contribution in [0.1, 0.15) is 0 Å². The molecule has 0 radical (unpaired) electrons. The third-order valence-corrected chi connectivity index (χ3v) is 5.32. The fourth-order valence-electron chi connectivity index (χ4n) is 3.10. The van der Waals surface area contributed by atoms with E-state index in [2.05, 4.69) is 20.5 Å². The molecule has 0 aliphatic carbocycles. The van der Waals surface area contributed by atoms with Crippen LogP contribution in [0.3, 0.4) is 0 Å². The second kappa shape index (κ2) is 9.00. The van der Waals surface area contributed by atoms with Gasteiger partial charge >= 0.3 is 0 Å². The van der Waals surface area contributed by atoms with Crippen molar-refractivity contribution in [2.75, 3.05) is 32.4 Å². The number of carbonyl (C=O) groups excluding carboxylic acids is 1. The van der Waals surface area contributed by atoms with Gasteiger partial charge in [-0.05, 0) is 6.07 Å². The minimum atomic E-state index is -0.244. The summed E-state index contributed by atoms with van der Waals surface area (Å²) in [5.74, 6) is 1.59. The highest BCUT2D eigenvalue weighted by molar-refractivity contribution is 7.99. The lowest BCUT2D eigenvalue weighted by molar-refractivity contribution is -0.113. The van der Waals surface area contributed by atoms with Gasteiger partial charge in [0.2, 0.25) is 11.7 Å². The van der Waals surface area contributed by atoms with Gasteiger partial charge in [-0.3, -0.25) is 4.79 Å². The maximum atomic E-state index is 12.4. The van der Waals surface area contributed by atoms with Crippen LogP contribution in [0.15, 0.2) is 52.2 Å². The SMILES string of the molecule is COc1cc(NC(=O)CSc2nnc(-c3c[nH]c4ccccc34)o2)cc(OC)c1OC. The van der Waals surface area contributed by atoms with Crippen LogP contribution in [0.2, 0.25) is 0 Å². The maximum absolute atomic E-state index is 12.4. The number of hydrogen-bond donors (Lipinski definition) is 2. The first-order chi connectivity index (χ1) is 15.1. The number of nitrogens with zero attached hydrogens (tertiary/aromatic N) is 2. The van der Waals surface area contributed by atoms with Crippen molar-refractivity contribution >= 4 is 34.3 Å². The second-order valence-corrected chi connectivity index (χ2v) is 7.30. The molecule has 2 N–H and O–H groups in total. The molecule has 0 saturated heterocycles. The molecule has 0 unspecified atom stereocenters. The molecule has 31 heavy (non-hydrogen) atoms. The Morgan fingerprint density at radius 1 is 1.10 bits per heavy atom. The number of aromatic amines is 1. The van der Waals surface area contributed by atoms with Crippen molar-refractivity contribution < 1.29 is 23.4 Å². The van der Waals surface area contributed by atoms with Gasteiger partial charge in [-0.1, -0.05) is 30.0 Å². The van der Waals surface area contributed by atoms with E-state index in [0.29, 0.717) is 34.0 Å². The zero-order chi connectivity index (χ0) is 21.8. The Hall–Kier alpha value is -3.66. The van der Waals surface area contributed by atoms with E-state index in [1.54, 1.807) is 12.1 Å². The minimum Gasteiger partial charge on any atom is -0.493 e. The molecule has 10 heteroatoms. The summed E-state index contributed by atoms with van der Waals surface area (Å²) in [5.41, 5.74) is 2.32. The highest BCUT2D eigenvalue weighted by atomic mass is 32.2. The molecule has 2 aromatic heterocycles. The Morgan fingerprint density at radius 3 is 2.55 bits per heavy atom. The molecule has 160 valence electrons. The lowest BCUT2D eigenvalue weighted by atomic mass is 10.2. The molecule has 1 amide bonds. The molecule has 2 heterocycles. The van der Waals surface area contributed by atoms with Crippen LogP contribution >= 0.6 is 11.8 Å². The molecular formula is C21H20N4O5S. The summed E-state index contributed by atoms with van der Waals surface area (Å²) < 4.78 is 21.6. The topological polar surface area (TPSA) is 112 Å². The highest BCUT2D eigenvalue weighted by Crippen LogP contribution is 2.40. The van der Waals surface area contributed by atoms with Gasteiger partial charge in [-0.15, -0.1) is 10.2 Å². The van der Waals surface area contributed by atoms with Gasteiger partial charge in [0, 0.05) is 34.9 Å². The van der Waals surface area contributed by atoms with Gasteiger partial charge in [0.1, 0.15) is 0 Å². The number of rotatable bonds is 8. The van der Waals surface area contributed by atoms with Crippen molar-refractivity contribution in [3.05, 3.63) is 42.6 Å². The van der Waals surface area contributed by atoms with Crippen LogP contribution in [-0.4, -0.2) is 48.2 Å². The van der Waals surface area contributed by atoms with Crippen LogP contribution in [-0.2, 0) is 4.79 Å². The normalized spacial score (nSPS) is 10.8. The van der Waals surface area contributed by atoms with E-state index in [1.165, 1.54) is 21.3 Å². The number of thioether (sulfide) groups is 1. The summed E-state index contributed by atoms with van der Waals surface area (Å²) in [7, 11) is 4.55. The Labute approximate surface area is 182 Å². The number of carbonyl (C=O) groups is 1. The van der Waals surface area contributed by atoms with Crippen molar-refractivity contribution in [1.82, 2.24) is 15.2 Å². The molecule has 0 spiro atoms. The zero-order valence-electron chi connectivity index (χ0n) is 17.1. The van der Waals surface area contributed by atoms with E-state index in [0.717, 1.165) is 28.2 Å². The van der Waals surface area contributed by atoms with Gasteiger partial charge in [-0.2, -0.15) is 0 Å². The first-order valence-electron chi connectivity index (χ1n) is 9.25. The molecule has 0 bridgehead atoms. The number of amides is 1. The highest BCUT2D eigenvalue weighted by Gasteiger charge is 2.17. The first kappa shape index (κ1) is 20.6. The zero-order valence-corrected chi connectivity index (χ0v) is 17.9. The molecule has 4 aromatic rings. The average Bonchev–Trinajstić information content (AvgIpc) is 3.43.